The van der Waals surface area contributed by atoms with Gasteiger partial charge in [-0.25, -0.2) is 9.97 Å². The van der Waals surface area contributed by atoms with Crippen molar-refractivity contribution in [2.24, 2.45) is 0 Å². The Morgan fingerprint density at radius 2 is 1.24 bits per heavy atom. The van der Waals surface area contributed by atoms with Crippen molar-refractivity contribution in [3.05, 3.63) is 152 Å². The summed E-state index contributed by atoms with van der Waals surface area (Å²) in [4.78, 5) is 10.8. The van der Waals surface area contributed by atoms with Crippen molar-refractivity contribution in [2.75, 3.05) is 0 Å². The van der Waals surface area contributed by atoms with Crippen LogP contribution >= 0.6 is 22.7 Å². The number of nitrogens with zero attached hydrogens (tertiary/aromatic N) is 3. The highest BCUT2D eigenvalue weighted by molar-refractivity contribution is 7.45. The number of hydrogen-bond acceptors (Lipinski definition) is 4. The van der Waals surface area contributed by atoms with E-state index in [0.29, 0.717) is 5.95 Å². The summed E-state index contributed by atoms with van der Waals surface area (Å²) in [5.41, 5.74) is 7.56. The van der Waals surface area contributed by atoms with Gasteiger partial charge in [-0.2, -0.15) is 0 Å². The van der Waals surface area contributed by atoms with Crippen LogP contribution in [0.5, 0.6) is 0 Å². The molecule has 0 aliphatic rings. The SMILES string of the molecule is c1ccc(-c2nc(-n3c4ccccc4c4ccc5c(sc6sc7ccccc7c65)c43)nc3ccc(-c4cccc5ccccc45)cc23)cc1. The van der Waals surface area contributed by atoms with Gasteiger partial charge < -0.3 is 0 Å². The second-order valence-electron chi connectivity index (χ2n) is 12.6. The van der Waals surface area contributed by atoms with Crippen molar-refractivity contribution in [3.63, 3.8) is 0 Å². The molecule has 11 aromatic rings. The first-order valence-electron chi connectivity index (χ1n) is 16.4. The molecule has 49 heavy (non-hydrogen) atoms. The fourth-order valence-electron chi connectivity index (χ4n) is 7.65. The lowest BCUT2D eigenvalue weighted by atomic mass is 9.96. The van der Waals surface area contributed by atoms with Crippen LogP contribution in [0.15, 0.2) is 152 Å². The van der Waals surface area contributed by atoms with E-state index in [2.05, 4.69) is 156 Å². The summed E-state index contributed by atoms with van der Waals surface area (Å²) in [7, 11) is 0. The number of thiophene rings is 2. The molecule has 0 aliphatic carbocycles. The lowest BCUT2D eigenvalue weighted by molar-refractivity contribution is 1.02. The van der Waals surface area contributed by atoms with Crippen molar-refractivity contribution in [1.29, 1.82) is 0 Å². The summed E-state index contributed by atoms with van der Waals surface area (Å²) >= 11 is 3.77. The van der Waals surface area contributed by atoms with Gasteiger partial charge in [0, 0.05) is 42.6 Å². The Kier molecular flexibility index (Phi) is 5.70. The number of rotatable bonds is 3. The van der Waals surface area contributed by atoms with Gasteiger partial charge in [-0.05, 0) is 46.2 Å². The fourth-order valence-corrected chi connectivity index (χ4v) is 10.4. The topological polar surface area (TPSA) is 30.7 Å². The zero-order chi connectivity index (χ0) is 32.1. The standard InChI is InChI=1S/C44H25N3S2/c1-2-12-27(13-3-1)40-35-25-28(30-18-10-14-26-11-4-5-15-29(26)30)21-24-36(35)45-44(46-40)47-37-19-8-6-16-31(37)32-22-23-34-39-33-17-7-9-20-38(33)48-43(39)49-42(34)41(32)47/h1-25H. The Hall–Kier alpha value is -5.88. The van der Waals surface area contributed by atoms with Gasteiger partial charge in [-0.1, -0.05) is 127 Å². The van der Waals surface area contributed by atoms with Gasteiger partial charge in [0.05, 0.1) is 31.0 Å². The summed E-state index contributed by atoms with van der Waals surface area (Å²) in [6.45, 7) is 0. The van der Waals surface area contributed by atoms with Crippen molar-refractivity contribution in [1.82, 2.24) is 14.5 Å². The number of para-hydroxylation sites is 1. The zero-order valence-electron chi connectivity index (χ0n) is 26.1. The third kappa shape index (κ3) is 3.94. The average molecular weight is 660 g/mol. The molecule has 0 bridgehead atoms. The maximum Gasteiger partial charge on any atom is 0.235 e. The van der Waals surface area contributed by atoms with Gasteiger partial charge in [0.2, 0.25) is 5.95 Å². The molecule has 4 heterocycles. The molecule has 0 radical (unpaired) electrons. The predicted octanol–water partition coefficient (Wildman–Crippen LogP) is 12.8. The molecule has 3 nitrogen and oxygen atoms in total. The molecule has 0 saturated heterocycles. The third-order valence-electron chi connectivity index (χ3n) is 9.85. The Morgan fingerprint density at radius 1 is 0.490 bits per heavy atom. The molecule has 0 amide bonds. The number of fused-ring (bicyclic) bond motifs is 11. The van der Waals surface area contributed by atoms with Gasteiger partial charge >= 0.3 is 0 Å². The Balaban J connectivity index is 1.23. The predicted molar refractivity (Wildman–Crippen MR) is 211 cm³/mol. The normalized spacial score (nSPS) is 12.1. The molecule has 11 rings (SSSR count). The molecule has 0 saturated carbocycles. The molecule has 0 N–H and O–H groups in total. The van der Waals surface area contributed by atoms with E-state index >= 15 is 0 Å². The summed E-state index contributed by atoms with van der Waals surface area (Å²) in [6.07, 6.45) is 0. The molecule has 0 unspecified atom stereocenters. The van der Waals surface area contributed by atoms with Crippen molar-refractivity contribution in [2.45, 2.75) is 0 Å². The van der Waals surface area contributed by atoms with E-state index in [-0.39, 0.29) is 0 Å². The monoisotopic (exact) mass is 659 g/mol. The van der Waals surface area contributed by atoms with Crippen LogP contribution in [-0.4, -0.2) is 14.5 Å². The Morgan fingerprint density at radius 3 is 2.16 bits per heavy atom. The lowest BCUT2D eigenvalue weighted by Gasteiger charge is -2.14. The minimum Gasteiger partial charge on any atom is -0.276 e. The van der Waals surface area contributed by atoms with Crippen molar-refractivity contribution >= 4 is 95.7 Å². The average Bonchev–Trinajstić information content (AvgIpc) is 3.82. The summed E-state index contributed by atoms with van der Waals surface area (Å²) < 4.78 is 6.27. The first-order valence-corrected chi connectivity index (χ1v) is 18.1. The highest BCUT2D eigenvalue weighted by atomic mass is 32.2. The second kappa shape index (κ2) is 10.3. The number of aromatic nitrogens is 3. The van der Waals surface area contributed by atoms with Gasteiger partial charge in [-0.3, -0.25) is 4.57 Å². The quantitative estimate of drug-likeness (QED) is 0.189. The van der Waals surface area contributed by atoms with E-state index in [1.165, 1.54) is 62.2 Å². The maximum absolute atomic E-state index is 5.47. The molecule has 228 valence electrons. The maximum atomic E-state index is 5.47. The molecule has 5 heteroatoms. The van der Waals surface area contributed by atoms with Gasteiger partial charge in [-0.15, -0.1) is 22.7 Å². The first-order chi connectivity index (χ1) is 24.3. The molecule has 7 aromatic carbocycles. The molecule has 0 fully saturated rings. The van der Waals surface area contributed by atoms with E-state index in [0.717, 1.165) is 33.2 Å². The van der Waals surface area contributed by atoms with Crippen LogP contribution in [0.25, 0.3) is 101 Å². The molecule has 0 spiro atoms. The van der Waals surface area contributed by atoms with Gasteiger partial charge in [0.1, 0.15) is 0 Å². The van der Waals surface area contributed by atoms with Crippen LogP contribution in [0.3, 0.4) is 0 Å². The van der Waals surface area contributed by atoms with Crippen LogP contribution in [-0.2, 0) is 0 Å². The summed E-state index contributed by atoms with van der Waals surface area (Å²) in [5, 5.41) is 9.90. The van der Waals surface area contributed by atoms with Crippen molar-refractivity contribution in [3.8, 4) is 28.3 Å². The molecular weight excluding hydrogens is 635 g/mol. The number of hydrogen-bond donors (Lipinski definition) is 0. The number of benzene rings is 7. The smallest absolute Gasteiger partial charge is 0.235 e. The molecular formula is C44H25N3S2. The highest BCUT2D eigenvalue weighted by Crippen LogP contribution is 2.48. The Labute approximate surface area is 289 Å². The molecule has 4 aromatic heterocycles. The van der Waals surface area contributed by atoms with E-state index in [1.807, 2.05) is 22.7 Å². The minimum absolute atomic E-state index is 0.685. The minimum atomic E-state index is 0.685. The summed E-state index contributed by atoms with van der Waals surface area (Å²) in [5.74, 6) is 0.685. The van der Waals surface area contributed by atoms with Crippen LogP contribution in [0.4, 0.5) is 0 Å². The summed E-state index contributed by atoms with van der Waals surface area (Å²) in [6, 6.07) is 54.3. The van der Waals surface area contributed by atoms with Crippen LogP contribution in [0.1, 0.15) is 0 Å². The van der Waals surface area contributed by atoms with E-state index in [9.17, 15) is 0 Å². The first kappa shape index (κ1) is 27.1. The zero-order valence-corrected chi connectivity index (χ0v) is 27.7. The third-order valence-corrected chi connectivity index (χ3v) is 12.3. The highest BCUT2D eigenvalue weighted by Gasteiger charge is 2.22. The van der Waals surface area contributed by atoms with Crippen LogP contribution in [0, 0.1) is 0 Å². The largest absolute Gasteiger partial charge is 0.276 e. The van der Waals surface area contributed by atoms with Crippen LogP contribution < -0.4 is 0 Å². The van der Waals surface area contributed by atoms with Crippen LogP contribution in [0.2, 0.25) is 0 Å². The van der Waals surface area contributed by atoms with Gasteiger partial charge in [0.25, 0.3) is 0 Å². The fraction of sp³-hybridized carbons (Fsp3) is 0. The Bertz CT molecular complexity index is 3110. The lowest BCUT2D eigenvalue weighted by Crippen LogP contribution is -2.03. The van der Waals surface area contributed by atoms with E-state index < -0.39 is 0 Å². The van der Waals surface area contributed by atoms with Gasteiger partial charge in [0.15, 0.2) is 0 Å². The molecule has 0 aliphatic heterocycles. The molecule has 0 atom stereocenters. The van der Waals surface area contributed by atoms with Crippen molar-refractivity contribution < 1.29 is 0 Å². The second-order valence-corrected chi connectivity index (χ2v) is 14.9. The van der Waals surface area contributed by atoms with E-state index in [1.54, 1.807) is 0 Å². The van der Waals surface area contributed by atoms with E-state index in [4.69, 9.17) is 9.97 Å².